The molecule has 0 aliphatic carbocycles. The molecule has 0 fully saturated rings. The quantitative estimate of drug-likeness (QED) is 0.715. The van der Waals surface area contributed by atoms with E-state index in [9.17, 15) is 13.2 Å². The second-order valence-corrected chi connectivity index (χ2v) is 6.29. The van der Waals surface area contributed by atoms with Gasteiger partial charge in [0.15, 0.2) is 0 Å². The zero-order chi connectivity index (χ0) is 18.9. The molecule has 0 atom stereocenters. The van der Waals surface area contributed by atoms with Crippen LogP contribution in [0.3, 0.4) is 0 Å². The molecule has 1 N–H and O–H groups in total. The van der Waals surface area contributed by atoms with Crippen molar-refractivity contribution in [2.24, 2.45) is 0 Å². The van der Waals surface area contributed by atoms with Gasteiger partial charge in [-0.25, -0.2) is 4.68 Å². The molecule has 2 heterocycles. The number of halogens is 3. The summed E-state index contributed by atoms with van der Waals surface area (Å²) in [6, 6.07) is 9.75. The highest BCUT2D eigenvalue weighted by Crippen LogP contribution is 2.33. The summed E-state index contributed by atoms with van der Waals surface area (Å²) >= 11 is 0. The molecular formula is C19H20F3N3O. The normalized spacial score (nSPS) is 11.9. The van der Waals surface area contributed by atoms with Gasteiger partial charge >= 0.3 is 6.18 Å². The molecule has 0 amide bonds. The first-order chi connectivity index (χ1) is 12.2. The largest absolute Gasteiger partial charge is 0.465 e. The van der Waals surface area contributed by atoms with E-state index in [1.54, 1.807) is 12.1 Å². The monoisotopic (exact) mass is 363 g/mol. The molecule has 3 aromatic rings. The van der Waals surface area contributed by atoms with Crippen molar-refractivity contribution in [3.8, 4) is 5.69 Å². The first-order valence-electron chi connectivity index (χ1n) is 8.24. The molecule has 0 saturated heterocycles. The molecule has 2 aromatic heterocycles. The second kappa shape index (κ2) is 6.99. The van der Waals surface area contributed by atoms with E-state index in [4.69, 9.17) is 4.42 Å². The van der Waals surface area contributed by atoms with Crippen LogP contribution in [0.2, 0.25) is 0 Å². The minimum Gasteiger partial charge on any atom is -0.465 e. The maximum absolute atomic E-state index is 13.5. The summed E-state index contributed by atoms with van der Waals surface area (Å²) in [5.74, 6) is 1.46. The number of aryl methyl sites for hydroxylation is 3. The Morgan fingerprint density at radius 2 is 1.81 bits per heavy atom. The van der Waals surface area contributed by atoms with Crippen molar-refractivity contribution in [3.05, 3.63) is 70.4 Å². The molecule has 0 saturated carbocycles. The topological polar surface area (TPSA) is 43.0 Å². The Morgan fingerprint density at radius 3 is 2.38 bits per heavy atom. The number of aromatic nitrogens is 2. The molecule has 0 bridgehead atoms. The fourth-order valence-corrected chi connectivity index (χ4v) is 2.91. The number of nitrogens with one attached hydrogen (secondary N) is 1. The predicted octanol–water partition coefficient (Wildman–Crippen LogP) is 4.70. The molecule has 0 spiro atoms. The van der Waals surface area contributed by atoms with E-state index in [1.165, 1.54) is 10.7 Å². The average molecular weight is 363 g/mol. The van der Waals surface area contributed by atoms with E-state index in [-0.39, 0.29) is 12.1 Å². The van der Waals surface area contributed by atoms with E-state index in [2.05, 4.69) is 10.4 Å². The van der Waals surface area contributed by atoms with Crippen LogP contribution < -0.4 is 5.32 Å². The second-order valence-electron chi connectivity index (χ2n) is 6.29. The minimum atomic E-state index is -4.44. The number of furan rings is 1. The van der Waals surface area contributed by atoms with Crippen molar-refractivity contribution in [1.82, 2.24) is 15.1 Å². The minimum absolute atomic E-state index is 0.0893. The number of hydrogen-bond donors (Lipinski definition) is 1. The van der Waals surface area contributed by atoms with Crippen LogP contribution in [-0.4, -0.2) is 9.78 Å². The molecule has 0 radical (unpaired) electrons. The zero-order valence-electron chi connectivity index (χ0n) is 14.8. The van der Waals surface area contributed by atoms with Gasteiger partial charge in [-0.15, -0.1) is 0 Å². The van der Waals surface area contributed by atoms with E-state index in [0.717, 1.165) is 23.2 Å². The molecule has 7 heteroatoms. The molecule has 0 aliphatic rings. The summed E-state index contributed by atoms with van der Waals surface area (Å²) in [6.07, 6.45) is -4.44. The van der Waals surface area contributed by atoms with Crippen molar-refractivity contribution >= 4 is 0 Å². The van der Waals surface area contributed by atoms with E-state index < -0.39 is 11.7 Å². The van der Waals surface area contributed by atoms with Crippen LogP contribution in [0.1, 0.15) is 34.0 Å². The van der Waals surface area contributed by atoms with E-state index >= 15 is 0 Å². The number of alkyl halides is 3. The Kier molecular flexibility index (Phi) is 4.91. The molecule has 1 aromatic carbocycles. The summed E-state index contributed by atoms with van der Waals surface area (Å²) in [5.41, 5.74) is 1.47. The third-order valence-electron chi connectivity index (χ3n) is 4.06. The van der Waals surface area contributed by atoms with Crippen LogP contribution in [0.25, 0.3) is 5.69 Å². The summed E-state index contributed by atoms with van der Waals surface area (Å²) in [6.45, 7) is 5.90. The molecule has 26 heavy (non-hydrogen) atoms. The van der Waals surface area contributed by atoms with Crippen LogP contribution in [0.15, 0.2) is 40.8 Å². The van der Waals surface area contributed by atoms with E-state index in [0.29, 0.717) is 18.0 Å². The van der Waals surface area contributed by atoms with Crippen molar-refractivity contribution < 1.29 is 17.6 Å². The van der Waals surface area contributed by atoms with Crippen LogP contribution in [0.5, 0.6) is 0 Å². The highest BCUT2D eigenvalue weighted by Gasteiger charge is 2.33. The van der Waals surface area contributed by atoms with Crippen LogP contribution in [0, 0.1) is 20.8 Å². The first-order valence-corrected chi connectivity index (χ1v) is 8.24. The van der Waals surface area contributed by atoms with E-state index in [1.807, 2.05) is 32.9 Å². The van der Waals surface area contributed by atoms with Crippen LogP contribution >= 0.6 is 0 Å². The highest BCUT2D eigenvalue weighted by atomic mass is 19.4. The first kappa shape index (κ1) is 18.3. The SMILES string of the molecule is Cc1cc(C)n(-c2ccc(CNCc3ccc(C)o3)c(C(F)(F)F)c2)n1. The van der Waals surface area contributed by atoms with Gasteiger partial charge in [-0.2, -0.15) is 18.3 Å². The lowest BCUT2D eigenvalue weighted by Crippen LogP contribution is -2.18. The highest BCUT2D eigenvalue weighted by molar-refractivity contribution is 5.43. The van der Waals surface area contributed by atoms with Gasteiger partial charge < -0.3 is 9.73 Å². The lowest BCUT2D eigenvalue weighted by Gasteiger charge is -2.15. The van der Waals surface area contributed by atoms with Crippen molar-refractivity contribution in [2.45, 2.75) is 40.0 Å². The van der Waals surface area contributed by atoms with Gasteiger partial charge in [0.1, 0.15) is 11.5 Å². The Morgan fingerprint density at radius 1 is 1.04 bits per heavy atom. The standard InChI is InChI=1S/C19H20F3N3O/c1-12-8-13(2)25(24-12)16-6-5-15(18(9-16)19(20,21)22)10-23-11-17-7-4-14(3)26-17/h4-9,23H,10-11H2,1-3H3. The van der Waals surface area contributed by atoms with Gasteiger partial charge in [0.2, 0.25) is 0 Å². The fraction of sp³-hybridized carbons (Fsp3) is 0.316. The third kappa shape index (κ3) is 3.99. The van der Waals surface area contributed by atoms with Gasteiger partial charge in [-0.1, -0.05) is 6.07 Å². The van der Waals surface area contributed by atoms with Crippen molar-refractivity contribution in [1.29, 1.82) is 0 Å². The smallest absolute Gasteiger partial charge is 0.416 e. The molecule has 0 unspecified atom stereocenters. The number of benzene rings is 1. The molecule has 138 valence electrons. The van der Waals surface area contributed by atoms with Gasteiger partial charge in [0.25, 0.3) is 0 Å². The zero-order valence-corrected chi connectivity index (χ0v) is 14.8. The number of rotatable bonds is 5. The molecule has 3 rings (SSSR count). The van der Waals surface area contributed by atoms with Crippen LogP contribution in [0.4, 0.5) is 13.2 Å². The van der Waals surface area contributed by atoms with Gasteiger partial charge in [-0.05, 0) is 56.7 Å². The Hall–Kier alpha value is -2.54. The van der Waals surface area contributed by atoms with Crippen LogP contribution in [-0.2, 0) is 19.3 Å². The summed E-state index contributed by atoms with van der Waals surface area (Å²) < 4.78 is 47.5. The number of hydrogen-bond acceptors (Lipinski definition) is 3. The van der Waals surface area contributed by atoms with Gasteiger partial charge in [0.05, 0.1) is 23.5 Å². The lowest BCUT2D eigenvalue weighted by atomic mass is 10.1. The Balaban J connectivity index is 1.84. The molecule has 0 aliphatic heterocycles. The average Bonchev–Trinajstić information content (AvgIpc) is 3.11. The summed E-state index contributed by atoms with van der Waals surface area (Å²) in [5, 5.41) is 7.26. The predicted molar refractivity (Wildman–Crippen MR) is 92.0 cm³/mol. The lowest BCUT2D eigenvalue weighted by molar-refractivity contribution is -0.138. The van der Waals surface area contributed by atoms with Gasteiger partial charge in [0, 0.05) is 12.2 Å². The molecular weight excluding hydrogens is 343 g/mol. The maximum Gasteiger partial charge on any atom is 0.416 e. The molecule has 4 nitrogen and oxygen atoms in total. The van der Waals surface area contributed by atoms with Gasteiger partial charge in [-0.3, -0.25) is 0 Å². The fourth-order valence-electron chi connectivity index (χ4n) is 2.91. The van der Waals surface area contributed by atoms with Crippen molar-refractivity contribution in [3.63, 3.8) is 0 Å². The summed E-state index contributed by atoms with van der Waals surface area (Å²) in [7, 11) is 0. The number of nitrogens with zero attached hydrogens (tertiary/aromatic N) is 2. The van der Waals surface area contributed by atoms with Crippen molar-refractivity contribution in [2.75, 3.05) is 0 Å². The Bertz CT molecular complexity index is 909. The maximum atomic E-state index is 13.5. The Labute approximate surface area is 149 Å². The third-order valence-corrected chi connectivity index (χ3v) is 4.06. The summed E-state index contributed by atoms with van der Waals surface area (Å²) in [4.78, 5) is 0.